The van der Waals surface area contributed by atoms with Crippen molar-refractivity contribution in [1.82, 2.24) is 20.0 Å². The molecule has 0 bridgehead atoms. The van der Waals surface area contributed by atoms with E-state index in [-0.39, 0.29) is 12.3 Å². The van der Waals surface area contributed by atoms with Gasteiger partial charge in [-0.25, -0.2) is 9.67 Å². The van der Waals surface area contributed by atoms with Gasteiger partial charge in [-0.3, -0.25) is 10.1 Å². The van der Waals surface area contributed by atoms with Crippen LogP contribution in [0.2, 0.25) is 5.15 Å². The van der Waals surface area contributed by atoms with Crippen LogP contribution in [0.25, 0.3) is 16.6 Å². The van der Waals surface area contributed by atoms with E-state index in [1.165, 1.54) is 16.8 Å². The first-order valence-electron chi connectivity index (χ1n) is 7.94. The largest absolute Gasteiger partial charge is 0.486 e. The Labute approximate surface area is 158 Å². The van der Waals surface area contributed by atoms with Crippen LogP contribution in [0.5, 0.6) is 5.75 Å². The van der Waals surface area contributed by atoms with Crippen LogP contribution >= 0.6 is 11.6 Å². The summed E-state index contributed by atoms with van der Waals surface area (Å²) >= 11 is 5.92. The third kappa shape index (κ3) is 3.56. The Balaban J connectivity index is 1.51. The first-order chi connectivity index (χ1) is 13.1. The van der Waals surface area contributed by atoms with Crippen molar-refractivity contribution >= 4 is 28.2 Å². The fourth-order valence-corrected chi connectivity index (χ4v) is 2.75. The molecule has 4 aromatic rings. The number of nitro benzene ring substituents is 1. The molecule has 0 aliphatic rings. The van der Waals surface area contributed by atoms with Crippen LogP contribution in [0, 0.1) is 10.1 Å². The van der Waals surface area contributed by atoms with E-state index in [9.17, 15) is 10.1 Å². The van der Waals surface area contributed by atoms with Gasteiger partial charge in [0, 0.05) is 17.5 Å². The molecule has 0 amide bonds. The second kappa shape index (κ2) is 7.00. The second-order valence-corrected chi connectivity index (χ2v) is 6.06. The van der Waals surface area contributed by atoms with Crippen LogP contribution in [0.15, 0.2) is 60.8 Å². The summed E-state index contributed by atoms with van der Waals surface area (Å²) in [6, 6.07) is 15.2. The number of benzene rings is 2. The van der Waals surface area contributed by atoms with Gasteiger partial charge in [0.1, 0.15) is 23.2 Å². The maximum atomic E-state index is 10.7. The molecule has 8 nitrogen and oxygen atoms in total. The van der Waals surface area contributed by atoms with E-state index in [1.807, 2.05) is 24.3 Å². The van der Waals surface area contributed by atoms with Crippen molar-refractivity contribution in [2.24, 2.45) is 0 Å². The number of ether oxygens (including phenoxy) is 1. The fourth-order valence-electron chi connectivity index (χ4n) is 2.60. The van der Waals surface area contributed by atoms with Crippen LogP contribution in [0.4, 0.5) is 5.69 Å². The zero-order valence-electron chi connectivity index (χ0n) is 13.8. The Morgan fingerprint density at radius 3 is 2.70 bits per heavy atom. The molecule has 0 N–H and O–H groups in total. The van der Waals surface area contributed by atoms with E-state index in [2.05, 4.69) is 15.3 Å². The lowest BCUT2D eigenvalue weighted by molar-refractivity contribution is -0.384. The minimum Gasteiger partial charge on any atom is -0.486 e. The van der Waals surface area contributed by atoms with E-state index in [0.29, 0.717) is 22.3 Å². The number of aromatic nitrogens is 4. The number of nitrogens with zero attached hydrogens (tertiary/aromatic N) is 5. The molecule has 0 atom stereocenters. The van der Waals surface area contributed by atoms with Crippen LogP contribution in [0.3, 0.4) is 0 Å². The summed E-state index contributed by atoms with van der Waals surface area (Å²) in [6.07, 6.45) is 1.71. The molecule has 2 heterocycles. The van der Waals surface area contributed by atoms with Crippen LogP contribution in [0.1, 0.15) is 5.69 Å². The van der Waals surface area contributed by atoms with Gasteiger partial charge in [-0.15, -0.1) is 5.10 Å². The fraction of sp³-hybridized carbons (Fsp3) is 0.0556. The standard InChI is InChI=1S/C18H12ClN5O3/c19-18-9-8-15-16(20-18)2-1-3-17(15)27-11-12-10-23(22-21-12)13-4-6-14(7-5-13)24(25)26/h1-10H,11H2. The number of rotatable bonds is 5. The van der Waals surface area contributed by atoms with Gasteiger partial charge in [0.25, 0.3) is 5.69 Å². The summed E-state index contributed by atoms with van der Waals surface area (Å²) in [7, 11) is 0. The van der Waals surface area contributed by atoms with Crippen molar-refractivity contribution in [3.63, 3.8) is 0 Å². The predicted molar refractivity (Wildman–Crippen MR) is 99.1 cm³/mol. The van der Waals surface area contributed by atoms with Gasteiger partial charge in [0.15, 0.2) is 0 Å². The third-order valence-corrected chi connectivity index (χ3v) is 4.11. The molecule has 0 aliphatic heterocycles. The quantitative estimate of drug-likeness (QED) is 0.295. The highest BCUT2D eigenvalue weighted by Crippen LogP contribution is 2.26. The Morgan fingerprint density at radius 1 is 1.11 bits per heavy atom. The first-order valence-corrected chi connectivity index (χ1v) is 8.32. The molecule has 2 aromatic heterocycles. The van der Waals surface area contributed by atoms with E-state index in [0.717, 1.165) is 10.9 Å². The van der Waals surface area contributed by atoms with Gasteiger partial charge >= 0.3 is 0 Å². The Bertz CT molecular complexity index is 1130. The number of pyridine rings is 1. The van der Waals surface area contributed by atoms with Crippen LogP contribution < -0.4 is 4.74 Å². The monoisotopic (exact) mass is 381 g/mol. The second-order valence-electron chi connectivity index (χ2n) is 5.67. The molecular weight excluding hydrogens is 370 g/mol. The summed E-state index contributed by atoms with van der Waals surface area (Å²) in [5.74, 6) is 0.668. The molecule has 0 aliphatic carbocycles. The molecular formula is C18H12ClN5O3. The molecule has 0 spiro atoms. The number of halogens is 1. The zero-order chi connectivity index (χ0) is 18.8. The van der Waals surface area contributed by atoms with Gasteiger partial charge in [-0.05, 0) is 36.4 Å². The summed E-state index contributed by atoms with van der Waals surface area (Å²) < 4.78 is 7.39. The smallest absolute Gasteiger partial charge is 0.269 e. The molecule has 4 rings (SSSR count). The number of nitro groups is 1. The zero-order valence-corrected chi connectivity index (χ0v) is 14.6. The maximum absolute atomic E-state index is 10.7. The van der Waals surface area contributed by atoms with Crippen molar-refractivity contribution in [1.29, 1.82) is 0 Å². The predicted octanol–water partition coefficient (Wildman–Crippen LogP) is 3.96. The summed E-state index contributed by atoms with van der Waals surface area (Å²) in [5.41, 5.74) is 2.05. The van der Waals surface area contributed by atoms with Crippen LogP contribution in [-0.4, -0.2) is 24.9 Å². The summed E-state index contributed by atoms with van der Waals surface area (Å²) in [6.45, 7) is 0.217. The highest BCUT2D eigenvalue weighted by atomic mass is 35.5. The van der Waals surface area contributed by atoms with Crippen molar-refractivity contribution in [2.75, 3.05) is 0 Å². The normalized spacial score (nSPS) is 10.9. The molecule has 0 saturated carbocycles. The lowest BCUT2D eigenvalue weighted by Gasteiger charge is -2.07. The number of fused-ring (bicyclic) bond motifs is 1. The Kier molecular flexibility index (Phi) is 4.39. The minimum atomic E-state index is -0.448. The molecule has 0 unspecified atom stereocenters. The summed E-state index contributed by atoms with van der Waals surface area (Å²) in [4.78, 5) is 14.5. The van der Waals surface area contributed by atoms with Crippen molar-refractivity contribution in [3.8, 4) is 11.4 Å². The van der Waals surface area contributed by atoms with Crippen molar-refractivity contribution < 1.29 is 9.66 Å². The molecule has 0 fully saturated rings. The van der Waals surface area contributed by atoms with Gasteiger partial charge in [-0.1, -0.05) is 22.9 Å². The molecule has 9 heteroatoms. The van der Waals surface area contributed by atoms with Crippen LogP contribution in [-0.2, 0) is 6.61 Å². The maximum Gasteiger partial charge on any atom is 0.269 e. The third-order valence-electron chi connectivity index (χ3n) is 3.90. The van der Waals surface area contributed by atoms with Gasteiger partial charge in [0.2, 0.25) is 0 Å². The Morgan fingerprint density at radius 2 is 1.93 bits per heavy atom. The number of hydrogen-bond acceptors (Lipinski definition) is 6. The molecule has 0 radical (unpaired) electrons. The molecule has 0 saturated heterocycles. The van der Waals surface area contributed by atoms with E-state index >= 15 is 0 Å². The van der Waals surface area contributed by atoms with E-state index in [1.54, 1.807) is 24.4 Å². The molecule has 27 heavy (non-hydrogen) atoms. The number of hydrogen-bond donors (Lipinski definition) is 0. The molecule has 2 aromatic carbocycles. The Hall–Kier alpha value is -3.52. The topological polar surface area (TPSA) is 96.0 Å². The lowest BCUT2D eigenvalue weighted by atomic mass is 10.2. The number of non-ortho nitro benzene ring substituents is 1. The SMILES string of the molecule is O=[N+]([O-])c1ccc(-n2cc(COc3cccc4nc(Cl)ccc34)nn2)cc1. The highest BCUT2D eigenvalue weighted by molar-refractivity contribution is 6.29. The first kappa shape index (κ1) is 16.9. The average molecular weight is 382 g/mol. The van der Waals surface area contributed by atoms with Gasteiger partial charge in [-0.2, -0.15) is 0 Å². The minimum absolute atomic E-state index is 0.0205. The molecule has 134 valence electrons. The van der Waals surface area contributed by atoms with Gasteiger partial charge < -0.3 is 4.74 Å². The summed E-state index contributed by atoms with van der Waals surface area (Å²) in [5, 5.41) is 20.1. The average Bonchev–Trinajstić information content (AvgIpc) is 3.15. The van der Waals surface area contributed by atoms with E-state index in [4.69, 9.17) is 16.3 Å². The highest BCUT2D eigenvalue weighted by Gasteiger charge is 2.09. The van der Waals surface area contributed by atoms with Crippen molar-refractivity contribution in [3.05, 3.63) is 81.8 Å². The van der Waals surface area contributed by atoms with E-state index < -0.39 is 4.92 Å². The van der Waals surface area contributed by atoms with Gasteiger partial charge in [0.05, 0.1) is 22.3 Å². The lowest BCUT2D eigenvalue weighted by Crippen LogP contribution is -1.97. The van der Waals surface area contributed by atoms with Crippen molar-refractivity contribution in [2.45, 2.75) is 6.61 Å².